The second kappa shape index (κ2) is 13.8. The molecule has 1 aliphatic heterocycles. The fourth-order valence-corrected chi connectivity index (χ4v) is 8.06. The molecule has 1 heteroatoms. The molecule has 0 bridgehead atoms. The van der Waals surface area contributed by atoms with Gasteiger partial charge >= 0.3 is 0 Å². The highest BCUT2D eigenvalue weighted by Gasteiger charge is 2.33. The van der Waals surface area contributed by atoms with Crippen molar-refractivity contribution < 1.29 is 0 Å². The van der Waals surface area contributed by atoms with Gasteiger partial charge in [0.2, 0.25) is 0 Å². The summed E-state index contributed by atoms with van der Waals surface area (Å²) in [6, 6.07) is 0. The Bertz CT molecular complexity index is 218. The number of unbranched alkanes of at least 4 members (excludes halogenated alkanes) is 8. The van der Waals surface area contributed by atoms with Crippen LogP contribution in [-0.2, 0) is 0 Å². The molecule has 0 N–H and O–H groups in total. The molecule has 0 aromatic carbocycles. The Morgan fingerprint density at radius 3 is 1.50 bits per heavy atom. The first-order valence-electron chi connectivity index (χ1n) is 10.6. The summed E-state index contributed by atoms with van der Waals surface area (Å²) in [6.45, 7) is 7.02. The fraction of sp³-hybridized carbons (Fsp3) is 1.00. The zero-order chi connectivity index (χ0) is 16.0. The Morgan fingerprint density at radius 2 is 1.05 bits per heavy atom. The average molecular weight is 327 g/mol. The van der Waals surface area contributed by atoms with Crippen LogP contribution < -0.4 is 0 Å². The van der Waals surface area contributed by atoms with Crippen LogP contribution >= 0.6 is 7.92 Å². The van der Waals surface area contributed by atoms with Crippen LogP contribution in [-0.4, -0.2) is 17.5 Å². The first-order chi connectivity index (χ1) is 10.8. The molecule has 0 aromatic rings. The molecule has 1 saturated heterocycles. The second-order valence-corrected chi connectivity index (χ2v) is 10.5. The number of hydrogen-bond donors (Lipinski definition) is 0. The van der Waals surface area contributed by atoms with Crippen LogP contribution in [0.4, 0.5) is 0 Å². The Balaban J connectivity index is 2.34. The highest BCUT2D eigenvalue weighted by Crippen LogP contribution is 2.59. The van der Waals surface area contributed by atoms with Gasteiger partial charge in [-0.3, -0.25) is 0 Å². The van der Waals surface area contributed by atoms with Crippen molar-refractivity contribution in [3.05, 3.63) is 0 Å². The molecule has 0 aliphatic carbocycles. The van der Waals surface area contributed by atoms with Gasteiger partial charge in [-0.25, -0.2) is 0 Å². The molecule has 0 nitrogen and oxygen atoms in total. The lowest BCUT2D eigenvalue weighted by atomic mass is 10.0. The first kappa shape index (κ1) is 20.5. The number of hydrogen-bond acceptors (Lipinski definition) is 0. The predicted molar refractivity (Wildman–Crippen MR) is 106 cm³/mol. The molecule has 132 valence electrons. The smallest absolute Gasteiger partial charge is 0.0206 e. The SMILES string of the molecule is CCCCCCC1CCC(CCCCCC)P1CCCCC. The average Bonchev–Trinajstić information content (AvgIpc) is 2.91. The Morgan fingerprint density at radius 1 is 0.591 bits per heavy atom. The molecule has 22 heavy (non-hydrogen) atoms. The molecule has 1 heterocycles. The highest BCUT2D eigenvalue weighted by molar-refractivity contribution is 7.59. The molecular formula is C21H43P. The third kappa shape index (κ3) is 8.33. The van der Waals surface area contributed by atoms with Gasteiger partial charge in [0.05, 0.1) is 0 Å². The molecule has 1 aliphatic rings. The van der Waals surface area contributed by atoms with Crippen LogP contribution in [0.15, 0.2) is 0 Å². The maximum atomic E-state index is 2.35. The molecule has 0 radical (unpaired) electrons. The van der Waals surface area contributed by atoms with Gasteiger partial charge in [-0.05, 0) is 49.6 Å². The second-order valence-electron chi connectivity index (χ2n) is 7.53. The summed E-state index contributed by atoms with van der Waals surface area (Å²) in [5.74, 6) is 0. The predicted octanol–water partition coefficient (Wildman–Crippen LogP) is 8.13. The molecule has 0 aromatic heterocycles. The molecule has 0 amide bonds. The van der Waals surface area contributed by atoms with Gasteiger partial charge in [0.25, 0.3) is 0 Å². The van der Waals surface area contributed by atoms with E-state index in [1.165, 1.54) is 70.6 Å². The monoisotopic (exact) mass is 326 g/mol. The summed E-state index contributed by atoms with van der Waals surface area (Å²) in [5, 5.41) is 0. The Labute approximate surface area is 143 Å². The van der Waals surface area contributed by atoms with Gasteiger partial charge in [0.1, 0.15) is 0 Å². The molecule has 2 unspecified atom stereocenters. The van der Waals surface area contributed by atoms with E-state index < -0.39 is 0 Å². The van der Waals surface area contributed by atoms with E-state index in [1.807, 2.05) is 0 Å². The Hall–Kier alpha value is 0.430. The van der Waals surface area contributed by atoms with Crippen molar-refractivity contribution in [2.24, 2.45) is 0 Å². The quantitative estimate of drug-likeness (QED) is 0.223. The van der Waals surface area contributed by atoms with Crippen molar-refractivity contribution in [3.8, 4) is 0 Å². The maximum absolute atomic E-state index is 2.35. The van der Waals surface area contributed by atoms with E-state index in [0.29, 0.717) is 7.92 Å². The minimum atomic E-state index is 0.375. The van der Waals surface area contributed by atoms with Gasteiger partial charge in [-0.1, -0.05) is 85.0 Å². The van der Waals surface area contributed by atoms with Crippen LogP contribution in [0.5, 0.6) is 0 Å². The van der Waals surface area contributed by atoms with Crippen LogP contribution in [0.2, 0.25) is 0 Å². The topological polar surface area (TPSA) is 0 Å². The normalized spacial score (nSPS) is 25.0. The summed E-state index contributed by atoms with van der Waals surface area (Å²) in [5.41, 5.74) is 2.31. The lowest BCUT2D eigenvalue weighted by Gasteiger charge is -2.26. The summed E-state index contributed by atoms with van der Waals surface area (Å²) >= 11 is 0. The highest BCUT2D eigenvalue weighted by atomic mass is 31.1. The van der Waals surface area contributed by atoms with Crippen molar-refractivity contribution in [2.45, 2.75) is 128 Å². The first-order valence-corrected chi connectivity index (χ1v) is 12.3. The summed E-state index contributed by atoms with van der Waals surface area (Å²) in [6.07, 6.45) is 24.0. The van der Waals surface area contributed by atoms with Crippen LogP contribution in [0, 0.1) is 0 Å². The zero-order valence-electron chi connectivity index (χ0n) is 15.9. The van der Waals surface area contributed by atoms with E-state index in [0.717, 1.165) is 11.3 Å². The molecule has 0 saturated carbocycles. The lowest BCUT2D eigenvalue weighted by Crippen LogP contribution is -2.08. The molecule has 2 atom stereocenters. The largest absolute Gasteiger partial charge is 0.100 e. The molecule has 1 fully saturated rings. The van der Waals surface area contributed by atoms with Crippen molar-refractivity contribution in [1.82, 2.24) is 0 Å². The van der Waals surface area contributed by atoms with Gasteiger partial charge in [-0.15, -0.1) is 7.92 Å². The standard InChI is InChI=1S/C21H43P/c1-4-7-10-12-15-20-17-18-21(16-13-11-8-5-2)22(20)19-14-9-6-3/h20-21H,4-19H2,1-3H3. The van der Waals surface area contributed by atoms with E-state index in [-0.39, 0.29) is 0 Å². The van der Waals surface area contributed by atoms with Crippen molar-refractivity contribution in [1.29, 1.82) is 0 Å². The summed E-state index contributed by atoms with van der Waals surface area (Å²) < 4.78 is 0. The summed E-state index contributed by atoms with van der Waals surface area (Å²) in [4.78, 5) is 0. The van der Waals surface area contributed by atoms with Crippen LogP contribution in [0.1, 0.15) is 117 Å². The van der Waals surface area contributed by atoms with Gasteiger partial charge in [0.15, 0.2) is 0 Å². The van der Waals surface area contributed by atoms with E-state index in [4.69, 9.17) is 0 Å². The number of rotatable bonds is 14. The summed E-state index contributed by atoms with van der Waals surface area (Å²) in [7, 11) is 0.375. The van der Waals surface area contributed by atoms with E-state index in [9.17, 15) is 0 Å². The minimum absolute atomic E-state index is 0.375. The van der Waals surface area contributed by atoms with Gasteiger partial charge in [0, 0.05) is 0 Å². The Kier molecular flexibility index (Phi) is 12.9. The van der Waals surface area contributed by atoms with Crippen molar-refractivity contribution in [3.63, 3.8) is 0 Å². The maximum Gasteiger partial charge on any atom is -0.0206 e. The van der Waals surface area contributed by atoms with Gasteiger partial charge < -0.3 is 0 Å². The van der Waals surface area contributed by atoms with E-state index in [1.54, 1.807) is 31.8 Å². The van der Waals surface area contributed by atoms with Crippen LogP contribution in [0.3, 0.4) is 0 Å². The van der Waals surface area contributed by atoms with Crippen LogP contribution in [0.25, 0.3) is 0 Å². The lowest BCUT2D eigenvalue weighted by molar-refractivity contribution is 0.580. The zero-order valence-corrected chi connectivity index (χ0v) is 16.8. The third-order valence-electron chi connectivity index (χ3n) is 5.57. The van der Waals surface area contributed by atoms with E-state index >= 15 is 0 Å². The minimum Gasteiger partial charge on any atom is -0.100 e. The van der Waals surface area contributed by atoms with Gasteiger partial charge in [-0.2, -0.15) is 0 Å². The molecular weight excluding hydrogens is 283 g/mol. The third-order valence-corrected chi connectivity index (χ3v) is 9.31. The van der Waals surface area contributed by atoms with Crippen molar-refractivity contribution in [2.75, 3.05) is 6.16 Å². The fourth-order valence-electron chi connectivity index (χ4n) is 4.16. The molecule has 0 spiro atoms. The van der Waals surface area contributed by atoms with E-state index in [2.05, 4.69) is 20.8 Å². The van der Waals surface area contributed by atoms with Crippen molar-refractivity contribution >= 4 is 7.92 Å². The molecule has 1 rings (SSSR count).